The molecule has 2 aromatic carbocycles. The molecule has 2 aromatic rings. The average molecular weight is 397 g/mol. The van der Waals surface area contributed by atoms with Crippen LogP contribution in [-0.2, 0) is 19.1 Å². The molecule has 1 N–H and O–H groups in total. The lowest BCUT2D eigenvalue weighted by Crippen LogP contribution is -2.38. The zero-order valence-corrected chi connectivity index (χ0v) is 16.5. The van der Waals surface area contributed by atoms with Crippen LogP contribution >= 0.6 is 0 Å². The fourth-order valence-electron chi connectivity index (χ4n) is 3.36. The SMILES string of the molecule is COc1ccc(C(O)=C2C(=O)C(=O)N(CC(OC)OC)C2c2ccccc2)cc1. The maximum Gasteiger partial charge on any atom is 0.295 e. The summed E-state index contributed by atoms with van der Waals surface area (Å²) in [7, 11) is 4.46. The molecule has 3 rings (SSSR count). The van der Waals surface area contributed by atoms with E-state index in [1.165, 1.54) is 26.2 Å². The average Bonchev–Trinajstić information content (AvgIpc) is 3.02. The van der Waals surface area contributed by atoms with Gasteiger partial charge in [-0.25, -0.2) is 0 Å². The van der Waals surface area contributed by atoms with Crippen LogP contribution in [0, 0.1) is 0 Å². The predicted molar refractivity (Wildman–Crippen MR) is 106 cm³/mol. The van der Waals surface area contributed by atoms with Crippen LogP contribution in [0.25, 0.3) is 5.76 Å². The van der Waals surface area contributed by atoms with Crippen molar-refractivity contribution in [3.63, 3.8) is 0 Å². The molecule has 1 aliphatic heterocycles. The van der Waals surface area contributed by atoms with Crippen molar-refractivity contribution in [1.29, 1.82) is 0 Å². The second-order valence-corrected chi connectivity index (χ2v) is 6.49. The third kappa shape index (κ3) is 4.01. The van der Waals surface area contributed by atoms with Gasteiger partial charge in [-0.1, -0.05) is 30.3 Å². The number of rotatable bonds is 7. The number of benzene rings is 2. The van der Waals surface area contributed by atoms with Gasteiger partial charge in [-0.15, -0.1) is 0 Å². The number of nitrogens with zero attached hydrogens (tertiary/aromatic N) is 1. The first kappa shape index (κ1) is 20.6. The number of aliphatic hydroxyl groups is 1. The fraction of sp³-hybridized carbons (Fsp3) is 0.273. The Labute approximate surface area is 169 Å². The summed E-state index contributed by atoms with van der Waals surface area (Å²) in [5, 5.41) is 10.9. The molecule has 1 amide bonds. The Balaban J connectivity index is 2.12. The first-order valence-corrected chi connectivity index (χ1v) is 9.05. The molecule has 1 unspecified atom stereocenters. The summed E-state index contributed by atoms with van der Waals surface area (Å²) in [6.45, 7) is 0.0382. The number of Topliss-reactive ketones (excluding diaryl/α,β-unsaturated/α-hetero) is 1. The number of ether oxygens (including phenoxy) is 3. The lowest BCUT2D eigenvalue weighted by Gasteiger charge is -2.28. The molecule has 0 bridgehead atoms. The van der Waals surface area contributed by atoms with Gasteiger partial charge in [0.15, 0.2) is 6.29 Å². The van der Waals surface area contributed by atoms with Gasteiger partial charge in [0.25, 0.3) is 11.7 Å². The molecule has 0 spiro atoms. The fourth-order valence-corrected chi connectivity index (χ4v) is 3.36. The third-order valence-electron chi connectivity index (χ3n) is 4.89. The number of likely N-dealkylation sites (tertiary alicyclic amines) is 1. The molecule has 7 heteroatoms. The van der Waals surface area contributed by atoms with Crippen LogP contribution in [0.5, 0.6) is 5.75 Å². The van der Waals surface area contributed by atoms with E-state index >= 15 is 0 Å². The van der Waals surface area contributed by atoms with Gasteiger partial charge in [0.05, 0.1) is 25.3 Å². The standard InChI is InChI=1S/C22H23NO6/c1-27-16-11-9-15(10-12-16)20(24)18-19(14-7-5-4-6-8-14)23(22(26)21(18)25)13-17(28-2)29-3/h4-12,17,19,24H,13H2,1-3H3. The summed E-state index contributed by atoms with van der Waals surface area (Å²) in [4.78, 5) is 27.0. The molecule has 1 atom stereocenters. The van der Waals surface area contributed by atoms with Gasteiger partial charge in [-0.05, 0) is 29.8 Å². The molecule has 0 aliphatic carbocycles. The molecular weight excluding hydrogens is 374 g/mol. The molecular formula is C22H23NO6. The molecule has 152 valence electrons. The van der Waals surface area contributed by atoms with Crippen LogP contribution in [0.2, 0.25) is 0 Å². The van der Waals surface area contributed by atoms with Gasteiger partial charge in [-0.3, -0.25) is 9.59 Å². The molecule has 1 saturated heterocycles. The van der Waals surface area contributed by atoms with E-state index in [2.05, 4.69) is 0 Å². The van der Waals surface area contributed by atoms with Crippen LogP contribution < -0.4 is 4.74 Å². The van der Waals surface area contributed by atoms with E-state index < -0.39 is 24.0 Å². The number of aliphatic hydroxyl groups excluding tert-OH is 1. The molecule has 0 aromatic heterocycles. The summed E-state index contributed by atoms with van der Waals surface area (Å²) in [5.41, 5.74) is 1.14. The number of ketones is 1. The van der Waals surface area contributed by atoms with Gasteiger partial charge >= 0.3 is 0 Å². The molecule has 1 aliphatic rings. The number of methoxy groups -OCH3 is 3. The highest BCUT2D eigenvalue weighted by Gasteiger charge is 2.46. The van der Waals surface area contributed by atoms with E-state index in [0.29, 0.717) is 16.9 Å². The zero-order valence-electron chi connectivity index (χ0n) is 16.5. The van der Waals surface area contributed by atoms with E-state index in [0.717, 1.165) is 0 Å². The highest BCUT2D eigenvalue weighted by molar-refractivity contribution is 6.46. The summed E-state index contributed by atoms with van der Waals surface area (Å²) < 4.78 is 15.6. The highest BCUT2D eigenvalue weighted by Crippen LogP contribution is 2.39. The molecule has 7 nitrogen and oxygen atoms in total. The molecule has 1 heterocycles. The number of carbonyl (C=O) groups is 2. The number of amides is 1. The molecule has 0 saturated carbocycles. The normalized spacial score (nSPS) is 18.5. The zero-order chi connectivity index (χ0) is 21.0. The van der Waals surface area contributed by atoms with Crippen molar-refractivity contribution in [2.24, 2.45) is 0 Å². The van der Waals surface area contributed by atoms with Crippen LogP contribution in [0.1, 0.15) is 17.2 Å². The summed E-state index contributed by atoms with van der Waals surface area (Å²) >= 11 is 0. The van der Waals surface area contributed by atoms with Crippen molar-refractivity contribution in [3.05, 3.63) is 71.3 Å². The van der Waals surface area contributed by atoms with Crippen LogP contribution in [-0.4, -0.2) is 55.9 Å². The summed E-state index contributed by atoms with van der Waals surface area (Å²) in [6.07, 6.45) is -0.708. The number of hydrogen-bond acceptors (Lipinski definition) is 6. The Morgan fingerprint density at radius 1 is 1.00 bits per heavy atom. The minimum atomic E-state index is -0.758. The first-order valence-electron chi connectivity index (χ1n) is 9.05. The van der Waals surface area contributed by atoms with E-state index in [4.69, 9.17) is 14.2 Å². The maximum absolute atomic E-state index is 12.9. The van der Waals surface area contributed by atoms with Crippen LogP contribution in [0.15, 0.2) is 60.2 Å². The van der Waals surface area contributed by atoms with E-state index in [1.807, 2.05) is 18.2 Å². The minimum absolute atomic E-state index is 0.0253. The smallest absolute Gasteiger partial charge is 0.295 e. The topological polar surface area (TPSA) is 85.3 Å². The van der Waals surface area contributed by atoms with Crippen molar-refractivity contribution >= 4 is 17.4 Å². The van der Waals surface area contributed by atoms with E-state index in [9.17, 15) is 14.7 Å². The van der Waals surface area contributed by atoms with Crippen LogP contribution in [0.4, 0.5) is 0 Å². The number of carbonyl (C=O) groups excluding carboxylic acids is 2. The van der Waals surface area contributed by atoms with Gasteiger partial charge in [-0.2, -0.15) is 0 Å². The Kier molecular flexibility index (Phi) is 6.31. The van der Waals surface area contributed by atoms with Crippen molar-refractivity contribution in [2.75, 3.05) is 27.9 Å². The van der Waals surface area contributed by atoms with Gasteiger partial charge in [0.2, 0.25) is 0 Å². The Morgan fingerprint density at radius 2 is 1.62 bits per heavy atom. The van der Waals surface area contributed by atoms with Crippen molar-refractivity contribution < 1.29 is 28.9 Å². The highest BCUT2D eigenvalue weighted by atomic mass is 16.7. The summed E-state index contributed by atoms with van der Waals surface area (Å²) in [6, 6.07) is 14.9. The predicted octanol–water partition coefficient (Wildman–Crippen LogP) is 2.74. The van der Waals surface area contributed by atoms with Gasteiger partial charge in [0.1, 0.15) is 11.5 Å². The van der Waals surface area contributed by atoms with E-state index in [-0.39, 0.29) is 17.9 Å². The molecule has 1 fully saturated rings. The third-order valence-corrected chi connectivity index (χ3v) is 4.89. The van der Waals surface area contributed by atoms with Gasteiger partial charge in [0, 0.05) is 19.8 Å². The molecule has 29 heavy (non-hydrogen) atoms. The lowest BCUT2D eigenvalue weighted by atomic mass is 9.95. The largest absolute Gasteiger partial charge is 0.507 e. The quantitative estimate of drug-likeness (QED) is 0.335. The Hall–Kier alpha value is -3.16. The second-order valence-electron chi connectivity index (χ2n) is 6.49. The Morgan fingerprint density at radius 3 is 2.17 bits per heavy atom. The first-order chi connectivity index (χ1) is 14.0. The monoisotopic (exact) mass is 397 g/mol. The van der Waals surface area contributed by atoms with Crippen molar-refractivity contribution in [3.8, 4) is 5.75 Å². The maximum atomic E-state index is 12.9. The lowest BCUT2D eigenvalue weighted by molar-refractivity contribution is -0.149. The second kappa shape index (κ2) is 8.89. The van der Waals surface area contributed by atoms with E-state index in [1.54, 1.807) is 36.4 Å². The summed E-state index contributed by atoms with van der Waals surface area (Å²) in [5.74, 6) is -1.09. The minimum Gasteiger partial charge on any atom is -0.507 e. The molecule has 0 radical (unpaired) electrons. The van der Waals surface area contributed by atoms with Crippen molar-refractivity contribution in [1.82, 2.24) is 4.90 Å². The Bertz CT molecular complexity index is 903. The van der Waals surface area contributed by atoms with Crippen molar-refractivity contribution in [2.45, 2.75) is 12.3 Å². The van der Waals surface area contributed by atoms with Crippen LogP contribution in [0.3, 0.4) is 0 Å². The van der Waals surface area contributed by atoms with Gasteiger partial charge < -0.3 is 24.2 Å². The number of hydrogen-bond donors (Lipinski definition) is 1.